The molecule has 0 unspecified atom stereocenters. The summed E-state index contributed by atoms with van der Waals surface area (Å²) >= 11 is 0. The Bertz CT molecular complexity index is 353. The minimum absolute atomic E-state index is 0.335. The Labute approximate surface area is 97.8 Å². The van der Waals surface area contributed by atoms with E-state index < -0.39 is 11.6 Å². The molecule has 0 amide bonds. The lowest BCUT2D eigenvalue weighted by atomic mass is 9.99. The first-order valence-corrected chi connectivity index (χ1v) is 6.41. The van der Waals surface area contributed by atoms with Crippen LogP contribution in [0.1, 0.15) is 26.3 Å². The van der Waals surface area contributed by atoms with Gasteiger partial charge in [0.25, 0.3) is 0 Å². The van der Waals surface area contributed by atoms with E-state index in [-0.39, 0.29) is 5.60 Å². The molecule has 0 spiro atoms. The summed E-state index contributed by atoms with van der Waals surface area (Å²) in [4.78, 5) is 0. The highest BCUT2D eigenvalue weighted by atomic mass is 28.2. The van der Waals surface area contributed by atoms with Crippen LogP contribution in [0.25, 0.3) is 0 Å². The number of halogens is 2. The van der Waals surface area contributed by atoms with Gasteiger partial charge in [-0.1, -0.05) is 13.0 Å². The van der Waals surface area contributed by atoms with Crippen LogP contribution < -0.4 is 0 Å². The van der Waals surface area contributed by atoms with Gasteiger partial charge in [-0.15, -0.1) is 0 Å². The van der Waals surface area contributed by atoms with Crippen molar-refractivity contribution in [3.63, 3.8) is 0 Å². The molecule has 0 saturated carbocycles. The topological polar surface area (TPSA) is 9.23 Å². The lowest BCUT2D eigenvalue weighted by molar-refractivity contribution is 0.116. The average Bonchev–Trinajstić information content (AvgIpc) is 2.20. The molecule has 0 aromatic heterocycles. The Kier molecular flexibility index (Phi) is 4.62. The molecule has 0 aliphatic heterocycles. The fraction of sp³-hybridized carbons (Fsp3) is 0.500. The third-order valence-electron chi connectivity index (χ3n) is 2.11. The standard InChI is InChI=1S/C12H16F2OSi/c1-4-16-15-12(2,3)8-9-5-6-10(13)11(14)7-9/h5-7H,4,8H2,1-3H3. The van der Waals surface area contributed by atoms with Crippen LogP contribution in [0.3, 0.4) is 0 Å². The zero-order valence-electron chi connectivity index (χ0n) is 9.81. The Balaban J connectivity index is 2.68. The summed E-state index contributed by atoms with van der Waals surface area (Å²) in [5.74, 6) is -1.61. The molecule has 1 nitrogen and oxygen atoms in total. The molecule has 0 atom stereocenters. The van der Waals surface area contributed by atoms with E-state index in [9.17, 15) is 8.78 Å². The monoisotopic (exact) mass is 242 g/mol. The first-order valence-electron chi connectivity index (χ1n) is 5.29. The van der Waals surface area contributed by atoms with Crippen molar-refractivity contribution in [2.75, 3.05) is 0 Å². The summed E-state index contributed by atoms with van der Waals surface area (Å²) in [6.45, 7) is 5.96. The fourth-order valence-corrected chi connectivity index (χ4v) is 2.05. The quantitative estimate of drug-likeness (QED) is 0.719. The third-order valence-corrected chi connectivity index (χ3v) is 3.09. The van der Waals surface area contributed by atoms with Gasteiger partial charge in [-0.3, -0.25) is 0 Å². The SMILES string of the molecule is CC[Si]OC(C)(C)Cc1ccc(F)c(F)c1. The minimum Gasteiger partial charge on any atom is -0.412 e. The van der Waals surface area contributed by atoms with Crippen molar-refractivity contribution in [1.82, 2.24) is 0 Å². The average molecular weight is 242 g/mol. The second-order valence-electron chi connectivity index (χ2n) is 4.28. The summed E-state index contributed by atoms with van der Waals surface area (Å²) in [5.41, 5.74) is 0.420. The van der Waals surface area contributed by atoms with E-state index >= 15 is 0 Å². The van der Waals surface area contributed by atoms with Crippen molar-refractivity contribution >= 4 is 9.76 Å². The van der Waals surface area contributed by atoms with Crippen LogP contribution in [0, 0.1) is 11.6 Å². The first-order chi connectivity index (χ1) is 7.44. The molecule has 0 fully saturated rings. The zero-order valence-corrected chi connectivity index (χ0v) is 10.8. The van der Waals surface area contributed by atoms with E-state index in [0.717, 1.165) is 17.7 Å². The Hall–Kier alpha value is -0.743. The maximum atomic E-state index is 13.0. The highest BCUT2D eigenvalue weighted by molar-refractivity contribution is 6.27. The van der Waals surface area contributed by atoms with Crippen LogP contribution in [0.5, 0.6) is 0 Å². The van der Waals surface area contributed by atoms with E-state index in [1.807, 2.05) is 20.8 Å². The molecule has 88 valence electrons. The van der Waals surface area contributed by atoms with Crippen LogP contribution in [0.4, 0.5) is 8.78 Å². The number of rotatable bonds is 5. The molecule has 0 aliphatic rings. The van der Waals surface area contributed by atoms with Gasteiger partial charge in [-0.2, -0.15) is 0 Å². The van der Waals surface area contributed by atoms with Crippen molar-refractivity contribution in [2.45, 2.75) is 38.8 Å². The van der Waals surface area contributed by atoms with Crippen molar-refractivity contribution in [2.24, 2.45) is 0 Å². The van der Waals surface area contributed by atoms with Crippen molar-refractivity contribution in [3.05, 3.63) is 35.4 Å². The molecular formula is C12H16F2OSi. The molecule has 0 aliphatic carbocycles. The first kappa shape index (κ1) is 13.3. The predicted octanol–water partition coefficient (Wildman–Crippen LogP) is 3.36. The molecular weight excluding hydrogens is 226 g/mol. The minimum atomic E-state index is -0.807. The Morgan fingerprint density at radius 3 is 2.50 bits per heavy atom. The highest BCUT2D eigenvalue weighted by Gasteiger charge is 2.19. The zero-order chi connectivity index (χ0) is 12.2. The maximum absolute atomic E-state index is 13.0. The summed E-state index contributed by atoms with van der Waals surface area (Å²) in [6, 6.07) is 4.96. The van der Waals surface area contributed by atoms with Crippen molar-refractivity contribution in [3.8, 4) is 0 Å². The normalized spacial score (nSPS) is 11.8. The van der Waals surface area contributed by atoms with E-state index in [1.165, 1.54) is 6.07 Å². The Morgan fingerprint density at radius 2 is 1.94 bits per heavy atom. The maximum Gasteiger partial charge on any atom is 0.230 e. The number of benzene rings is 1. The van der Waals surface area contributed by atoms with Gasteiger partial charge in [0.05, 0.1) is 5.60 Å². The van der Waals surface area contributed by atoms with Crippen LogP contribution >= 0.6 is 0 Å². The van der Waals surface area contributed by atoms with E-state index in [2.05, 4.69) is 0 Å². The molecule has 1 rings (SSSR count). The number of hydrogen-bond donors (Lipinski definition) is 0. The van der Waals surface area contributed by atoms with Gasteiger partial charge in [-0.25, -0.2) is 8.78 Å². The van der Waals surface area contributed by atoms with Gasteiger partial charge in [0.15, 0.2) is 11.6 Å². The van der Waals surface area contributed by atoms with Crippen LogP contribution in [-0.2, 0) is 10.8 Å². The Morgan fingerprint density at radius 1 is 1.25 bits per heavy atom. The van der Waals surface area contributed by atoms with Crippen molar-refractivity contribution in [1.29, 1.82) is 0 Å². The van der Waals surface area contributed by atoms with Crippen LogP contribution in [0.2, 0.25) is 6.04 Å². The van der Waals surface area contributed by atoms with Gasteiger partial charge in [0.2, 0.25) is 9.76 Å². The fourth-order valence-electron chi connectivity index (χ4n) is 1.44. The lowest BCUT2D eigenvalue weighted by Crippen LogP contribution is -2.29. The van der Waals surface area contributed by atoms with E-state index in [0.29, 0.717) is 16.2 Å². The molecule has 0 bridgehead atoms. The molecule has 0 saturated heterocycles. The molecule has 0 heterocycles. The number of hydrogen-bond acceptors (Lipinski definition) is 1. The van der Waals surface area contributed by atoms with E-state index in [1.54, 1.807) is 6.07 Å². The molecule has 4 heteroatoms. The van der Waals surface area contributed by atoms with Crippen LogP contribution in [-0.4, -0.2) is 15.4 Å². The third kappa shape index (κ3) is 4.02. The summed E-state index contributed by atoms with van der Waals surface area (Å²) in [6.07, 6.45) is 0.581. The lowest BCUT2D eigenvalue weighted by Gasteiger charge is -2.25. The van der Waals surface area contributed by atoms with Gasteiger partial charge in [0, 0.05) is 0 Å². The summed E-state index contributed by atoms with van der Waals surface area (Å²) in [5, 5.41) is 0. The van der Waals surface area contributed by atoms with Gasteiger partial charge in [-0.05, 0) is 44.0 Å². The summed E-state index contributed by atoms with van der Waals surface area (Å²) < 4.78 is 31.4. The molecule has 2 radical (unpaired) electrons. The molecule has 1 aromatic carbocycles. The largest absolute Gasteiger partial charge is 0.412 e. The van der Waals surface area contributed by atoms with E-state index in [4.69, 9.17) is 4.43 Å². The predicted molar refractivity (Wildman–Crippen MR) is 61.5 cm³/mol. The second-order valence-corrected chi connectivity index (χ2v) is 5.48. The molecule has 1 aromatic rings. The summed E-state index contributed by atoms with van der Waals surface area (Å²) in [7, 11) is 0.445. The van der Waals surface area contributed by atoms with Crippen LogP contribution in [0.15, 0.2) is 18.2 Å². The molecule has 16 heavy (non-hydrogen) atoms. The highest BCUT2D eigenvalue weighted by Crippen LogP contribution is 2.18. The van der Waals surface area contributed by atoms with Crippen molar-refractivity contribution < 1.29 is 13.2 Å². The van der Waals surface area contributed by atoms with Gasteiger partial charge in [0.1, 0.15) is 0 Å². The van der Waals surface area contributed by atoms with Gasteiger partial charge >= 0.3 is 0 Å². The smallest absolute Gasteiger partial charge is 0.230 e. The second kappa shape index (κ2) is 5.55. The molecule has 0 N–H and O–H groups in total. The van der Waals surface area contributed by atoms with Gasteiger partial charge < -0.3 is 4.43 Å².